The zero-order valence-electron chi connectivity index (χ0n) is 15.3. The lowest BCUT2D eigenvalue weighted by molar-refractivity contribution is 0.474. The van der Waals surface area contributed by atoms with Crippen LogP contribution in [0.1, 0.15) is 23.6 Å². The van der Waals surface area contributed by atoms with Crippen molar-refractivity contribution in [3.63, 3.8) is 0 Å². The Morgan fingerprint density at radius 2 is 2.00 bits per heavy atom. The molecular formula is C21H26N4O. The number of H-pyrrole nitrogens is 1. The summed E-state index contributed by atoms with van der Waals surface area (Å²) in [7, 11) is 0. The molecule has 4 N–H and O–H groups in total. The van der Waals surface area contributed by atoms with Crippen molar-refractivity contribution in [1.82, 2.24) is 15.6 Å². The smallest absolute Gasteiger partial charge is 0.191 e. The van der Waals surface area contributed by atoms with Gasteiger partial charge in [0.05, 0.1) is 6.54 Å². The Morgan fingerprint density at radius 1 is 1.15 bits per heavy atom. The predicted octanol–water partition coefficient (Wildman–Crippen LogP) is 3.48. The fourth-order valence-corrected chi connectivity index (χ4v) is 3.13. The van der Waals surface area contributed by atoms with Crippen molar-refractivity contribution < 1.29 is 5.11 Å². The summed E-state index contributed by atoms with van der Waals surface area (Å²) in [5.74, 6) is 1.05. The first-order valence-corrected chi connectivity index (χ1v) is 9.03. The van der Waals surface area contributed by atoms with E-state index in [4.69, 9.17) is 0 Å². The van der Waals surface area contributed by atoms with E-state index < -0.39 is 0 Å². The molecule has 0 aliphatic heterocycles. The lowest BCUT2D eigenvalue weighted by Crippen LogP contribution is -2.38. The third-order valence-electron chi connectivity index (χ3n) is 4.36. The standard InChI is InChI=1S/C21H26N4O/c1-3-22-21(25-13-16-7-5-8-18(26)12-16)23-11-10-17-14-24-19-9-4-6-15(2)20(17)19/h4-9,12,14,24,26H,3,10-11,13H2,1-2H3,(H2,22,23,25). The zero-order valence-corrected chi connectivity index (χ0v) is 15.3. The Labute approximate surface area is 154 Å². The summed E-state index contributed by atoms with van der Waals surface area (Å²) in [6.45, 7) is 6.32. The van der Waals surface area contributed by atoms with E-state index in [1.807, 2.05) is 12.1 Å². The van der Waals surface area contributed by atoms with Gasteiger partial charge >= 0.3 is 0 Å². The number of fused-ring (bicyclic) bond motifs is 1. The van der Waals surface area contributed by atoms with Crippen LogP contribution in [-0.4, -0.2) is 29.1 Å². The molecule has 3 aromatic rings. The lowest BCUT2D eigenvalue weighted by atomic mass is 10.1. The number of nitrogens with zero attached hydrogens (tertiary/aromatic N) is 1. The molecule has 0 bridgehead atoms. The molecule has 0 spiro atoms. The summed E-state index contributed by atoms with van der Waals surface area (Å²) >= 11 is 0. The quantitative estimate of drug-likeness (QED) is 0.406. The number of hydrogen-bond donors (Lipinski definition) is 4. The molecule has 1 heterocycles. The molecular weight excluding hydrogens is 324 g/mol. The van der Waals surface area contributed by atoms with Crippen LogP contribution in [0.4, 0.5) is 0 Å². The number of aliphatic imine (C=N–C) groups is 1. The van der Waals surface area contributed by atoms with Crippen LogP contribution < -0.4 is 10.6 Å². The number of aryl methyl sites for hydroxylation is 1. The van der Waals surface area contributed by atoms with Gasteiger partial charge in [-0.05, 0) is 55.2 Å². The summed E-state index contributed by atoms with van der Waals surface area (Å²) in [5, 5.41) is 17.5. The molecule has 0 fully saturated rings. The van der Waals surface area contributed by atoms with Gasteiger partial charge in [-0.2, -0.15) is 0 Å². The first-order valence-electron chi connectivity index (χ1n) is 9.03. The second kappa shape index (κ2) is 8.43. The molecule has 0 radical (unpaired) electrons. The summed E-state index contributed by atoms with van der Waals surface area (Å²) in [6, 6.07) is 13.5. The molecule has 0 aliphatic rings. The highest BCUT2D eigenvalue weighted by atomic mass is 16.3. The highest BCUT2D eigenvalue weighted by molar-refractivity contribution is 5.86. The van der Waals surface area contributed by atoms with Crippen molar-refractivity contribution in [3.05, 3.63) is 65.4 Å². The number of phenolic OH excluding ortho intramolecular Hbond substituents is 1. The van der Waals surface area contributed by atoms with Crippen molar-refractivity contribution in [2.75, 3.05) is 13.1 Å². The Balaban J connectivity index is 1.62. The summed E-state index contributed by atoms with van der Waals surface area (Å²) in [5.41, 5.74) is 4.77. The number of aromatic hydroxyl groups is 1. The van der Waals surface area contributed by atoms with Gasteiger partial charge < -0.3 is 20.7 Å². The van der Waals surface area contributed by atoms with Crippen molar-refractivity contribution in [2.24, 2.45) is 4.99 Å². The molecule has 5 heteroatoms. The van der Waals surface area contributed by atoms with Gasteiger partial charge in [-0.15, -0.1) is 0 Å². The Bertz CT molecular complexity index is 898. The molecule has 2 aromatic carbocycles. The van der Waals surface area contributed by atoms with Gasteiger partial charge in [0.2, 0.25) is 0 Å². The fourth-order valence-electron chi connectivity index (χ4n) is 3.13. The zero-order chi connectivity index (χ0) is 18.4. The number of rotatable bonds is 6. The third-order valence-corrected chi connectivity index (χ3v) is 4.36. The van der Waals surface area contributed by atoms with Crippen molar-refractivity contribution in [2.45, 2.75) is 26.8 Å². The van der Waals surface area contributed by atoms with Crippen LogP contribution >= 0.6 is 0 Å². The highest BCUT2D eigenvalue weighted by Crippen LogP contribution is 2.22. The number of nitrogens with one attached hydrogen (secondary N) is 3. The van der Waals surface area contributed by atoms with Gasteiger partial charge in [-0.3, -0.25) is 0 Å². The number of hydrogen-bond acceptors (Lipinski definition) is 2. The maximum atomic E-state index is 9.55. The predicted molar refractivity (Wildman–Crippen MR) is 108 cm³/mol. The van der Waals surface area contributed by atoms with Crippen LogP contribution in [0.25, 0.3) is 10.9 Å². The minimum atomic E-state index is 0.269. The number of aromatic amines is 1. The summed E-state index contributed by atoms with van der Waals surface area (Å²) < 4.78 is 0. The van der Waals surface area contributed by atoms with Crippen LogP contribution in [0.3, 0.4) is 0 Å². The number of guanidine groups is 1. The SMILES string of the molecule is CCNC(=NCc1cccc(O)c1)NCCc1c[nH]c2cccc(C)c12. The van der Waals surface area contributed by atoms with E-state index in [1.165, 1.54) is 22.0 Å². The Kier molecular flexibility index (Phi) is 5.79. The first kappa shape index (κ1) is 17.9. The van der Waals surface area contributed by atoms with Crippen molar-refractivity contribution >= 4 is 16.9 Å². The molecule has 0 aliphatic carbocycles. The average molecular weight is 350 g/mol. The molecule has 1 aromatic heterocycles. The normalized spacial score (nSPS) is 11.7. The van der Waals surface area contributed by atoms with E-state index in [0.29, 0.717) is 6.54 Å². The van der Waals surface area contributed by atoms with E-state index in [0.717, 1.165) is 31.0 Å². The van der Waals surface area contributed by atoms with Gasteiger partial charge in [-0.1, -0.05) is 24.3 Å². The van der Waals surface area contributed by atoms with E-state index >= 15 is 0 Å². The van der Waals surface area contributed by atoms with Gasteiger partial charge in [0.25, 0.3) is 0 Å². The third kappa shape index (κ3) is 4.36. The minimum Gasteiger partial charge on any atom is -0.508 e. The summed E-state index contributed by atoms with van der Waals surface area (Å²) in [6.07, 6.45) is 3.01. The number of phenols is 1. The molecule has 0 amide bonds. The van der Waals surface area contributed by atoms with Crippen molar-refractivity contribution in [1.29, 1.82) is 0 Å². The first-order chi connectivity index (χ1) is 12.7. The van der Waals surface area contributed by atoms with Crippen LogP contribution in [-0.2, 0) is 13.0 Å². The Hall–Kier alpha value is -2.95. The fraction of sp³-hybridized carbons (Fsp3) is 0.286. The lowest BCUT2D eigenvalue weighted by Gasteiger charge is -2.11. The van der Waals surface area contributed by atoms with E-state index in [2.05, 4.69) is 58.9 Å². The molecule has 0 saturated carbocycles. The van der Waals surface area contributed by atoms with Gasteiger partial charge in [0.1, 0.15) is 5.75 Å². The molecule has 0 saturated heterocycles. The van der Waals surface area contributed by atoms with E-state index in [-0.39, 0.29) is 5.75 Å². The second-order valence-corrected chi connectivity index (χ2v) is 6.35. The topological polar surface area (TPSA) is 72.4 Å². The van der Waals surface area contributed by atoms with Crippen LogP contribution in [0, 0.1) is 6.92 Å². The van der Waals surface area contributed by atoms with E-state index in [9.17, 15) is 5.11 Å². The van der Waals surface area contributed by atoms with Gasteiger partial charge in [0.15, 0.2) is 5.96 Å². The molecule has 0 unspecified atom stereocenters. The second-order valence-electron chi connectivity index (χ2n) is 6.35. The molecule has 26 heavy (non-hydrogen) atoms. The maximum absolute atomic E-state index is 9.55. The molecule has 136 valence electrons. The van der Waals surface area contributed by atoms with Crippen LogP contribution in [0.5, 0.6) is 5.75 Å². The molecule has 0 atom stereocenters. The van der Waals surface area contributed by atoms with Crippen LogP contribution in [0.2, 0.25) is 0 Å². The average Bonchev–Trinajstić information content (AvgIpc) is 3.04. The van der Waals surface area contributed by atoms with Crippen molar-refractivity contribution in [3.8, 4) is 5.75 Å². The minimum absolute atomic E-state index is 0.269. The number of benzene rings is 2. The Morgan fingerprint density at radius 3 is 2.81 bits per heavy atom. The molecule has 3 rings (SSSR count). The van der Waals surface area contributed by atoms with Gasteiger partial charge in [-0.25, -0.2) is 4.99 Å². The monoisotopic (exact) mass is 350 g/mol. The summed E-state index contributed by atoms with van der Waals surface area (Å²) in [4.78, 5) is 7.95. The largest absolute Gasteiger partial charge is 0.508 e. The highest BCUT2D eigenvalue weighted by Gasteiger charge is 2.06. The molecule has 5 nitrogen and oxygen atoms in total. The van der Waals surface area contributed by atoms with Crippen LogP contribution in [0.15, 0.2) is 53.7 Å². The maximum Gasteiger partial charge on any atom is 0.191 e. The number of aromatic nitrogens is 1. The van der Waals surface area contributed by atoms with Gasteiger partial charge in [0, 0.05) is 30.2 Å². The van der Waals surface area contributed by atoms with E-state index in [1.54, 1.807) is 12.1 Å².